The molecule has 2 aromatic rings. The number of rotatable bonds is 8. The maximum Gasteiger partial charge on any atom is 0.248 e. The predicted molar refractivity (Wildman–Crippen MR) is 109 cm³/mol. The lowest BCUT2D eigenvalue weighted by molar-refractivity contribution is -0.148. The summed E-state index contributed by atoms with van der Waals surface area (Å²) in [6, 6.07) is 16.8. The van der Waals surface area contributed by atoms with Gasteiger partial charge in [0, 0.05) is 24.7 Å². The van der Waals surface area contributed by atoms with Crippen molar-refractivity contribution in [2.24, 2.45) is 0 Å². The monoisotopic (exact) mass is 422 g/mol. The van der Waals surface area contributed by atoms with E-state index in [-0.39, 0.29) is 30.9 Å². The lowest BCUT2D eigenvalue weighted by Crippen LogP contribution is -2.51. The largest absolute Gasteiger partial charge is 0.365 e. The number of morpholine rings is 1. The van der Waals surface area contributed by atoms with E-state index in [9.17, 15) is 13.2 Å². The van der Waals surface area contributed by atoms with Crippen molar-refractivity contribution >= 4 is 27.5 Å². The summed E-state index contributed by atoms with van der Waals surface area (Å²) >= 11 is 6.04. The number of ether oxygens (including phenoxy) is 1. The molecule has 1 aliphatic rings. The standard InChI is InChI=1S/C20H23ClN2O4S/c21-19-9-5-4-8-17(19)15-28(25,26)22-12-18-13-23(20(24)14-27-18)11-10-16-6-2-1-3-7-16/h1-9,18,22H,10-15H2. The van der Waals surface area contributed by atoms with Crippen molar-refractivity contribution in [3.63, 3.8) is 0 Å². The van der Waals surface area contributed by atoms with Gasteiger partial charge in [0.15, 0.2) is 0 Å². The number of carbonyl (C=O) groups excluding carboxylic acids is 1. The van der Waals surface area contributed by atoms with E-state index in [4.69, 9.17) is 16.3 Å². The Morgan fingerprint density at radius 3 is 2.57 bits per heavy atom. The van der Waals surface area contributed by atoms with Crippen LogP contribution in [0.5, 0.6) is 0 Å². The molecular weight excluding hydrogens is 400 g/mol. The Morgan fingerprint density at radius 1 is 1.11 bits per heavy atom. The third-order valence-electron chi connectivity index (χ3n) is 4.57. The molecular formula is C20H23ClN2O4S. The first-order chi connectivity index (χ1) is 13.4. The van der Waals surface area contributed by atoms with Crippen molar-refractivity contribution < 1.29 is 17.9 Å². The molecule has 0 aliphatic carbocycles. The van der Waals surface area contributed by atoms with E-state index in [0.29, 0.717) is 23.7 Å². The Morgan fingerprint density at radius 2 is 1.82 bits per heavy atom. The minimum absolute atomic E-state index is 0.0360. The van der Waals surface area contributed by atoms with Crippen LogP contribution in [-0.2, 0) is 31.7 Å². The maximum atomic E-state index is 12.3. The quantitative estimate of drug-likeness (QED) is 0.707. The molecule has 1 atom stereocenters. The van der Waals surface area contributed by atoms with Gasteiger partial charge in [0.1, 0.15) is 6.61 Å². The highest BCUT2D eigenvalue weighted by molar-refractivity contribution is 7.88. The summed E-state index contributed by atoms with van der Waals surface area (Å²) in [5.74, 6) is -0.276. The summed E-state index contributed by atoms with van der Waals surface area (Å²) in [5.41, 5.74) is 1.69. The Balaban J connectivity index is 1.51. The van der Waals surface area contributed by atoms with E-state index < -0.39 is 10.0 Å². The van der Waals surface area contributed by atoms with Crippen LogP contribution in [-0.4, -0.2) is 51.6 Å². The van der Waals surface area contributed by atoms with Gasteiger partial charge in [-0.05, 0) is 23.6 Å². The lowest BCUT2D eigenvalue weighted by atomic mass is 10.1. The predicted octanol–water partition coefficient (Wildman–Crippen LogP) is 2.23. The highest BCUT2D eigenvalue weighted by atomic mass is 35.5. The van der Waals surface area contributed by atoms with Gasteiger partial charge in [-0.25, -0.2) is 13.1 Å². The molecule has 8 heteroatoms. The molecule has 1 amide bonds. The number of amides is 1. The fraction of sp³-hybridized carbons (Fsp3) is 0.350. The van der Waals surface area contributed by atoms with Gasteiger partial charge in [0.05, 0.1) is 11.9 Å². The molecule has 1 fully saturated rings. The van der Waals surface area contributed by atoms with Gasteiger partial charge in [0.2, 0.25) is 15.9 Å². The zero-order chi connectivity index (χ0) is 20.0. The summed E-state index contributed by atoms with van der Waals surface area (Å²) in [7, 11) is -3.56. The van der Waals surface area contributed by atoms with Gasteiger partial charge in [-0.3, -0.25) is 4.79 Å². The second kappa shape index (κ2) is 9.52. The number of halogens is 1. The average molecular weight is 423 g/mol. The molecule has 1 unspecified atom stereocenters. The number of hydrogen-bond acceptors (Lipinski definition) is 4. The highest BCUT2D eigenvalue weighted by Crippen LogP contribution is 2.17. The summed E-state index contributed by atoms with van der Waals surface area (Å²) in [4.78, 5) is 13.8. The van der Waals surface area contributed by atoms with Crippen LogP contribution in [0.3, 0.4) is 0 Å². The molecule has 6 nitrogen and oxygen atoms in total. The Labute approximate surface area is 170 Å². The van der Waals surface area contributed by atoms with E-state index in [1.54, 1.807) is 29.2 Å². The van der Waals surface area contributed by atoms with Crippen molar-refractivity contribution in [3.05, 3.63) is 70.7 Å². The Kier molecular flexibility index (Phi) is 7.07. The molecule has 3 rings (SSSR count). The van der Waals surface area contributed by atoms with Crippen LogP contribution in [0.4, 0.5) is 0 Å². The molecule has 0 saturated carbocycles. The van der Waals surface area contributed by atoms with Crippen LogP contribution in [0.2, 0.25) is 5.02 Å². The van der Waals surface area contributed by atoms with Gasteiger partial charge in [-0.2, -0.15) is 0 Å². The van der Waals surface area contributed by atoms with Crippen molar-refractivity contribution in [1.82, 2.24) is 9.62 Å². The fourth-order valence-electron chi connectivity index (χ4n) is 3.02. The van der Waals surface area contributed by atoms with E-state index in [1.165, 1.54) is 0 Å². The van der Waals surface area contributed by atoms with Crippen LogP contribution >= 0.6 is 11.6 Å². The van der Waals surface area contributed by atoms with Gasteiger partial charge in [-0.1, -0.05) is 60.1 Å². The summed E-state index contributed by atoms with van der Waals surface area (Å²) in [6.07, 6.45) is 0.367. The number of nitrogens with zero attached hydrogens (tertiary/aromatic N) is 1. The minimum Gasteiger partial charge on any atom is -0.365 e. The van der Waals surface area contributed by atoms with Gasteiger partial charge in [-0.15, -0.1) is 0 Å². The zero-order valence-electron chi connectivity index (χ0n) is 15.4. The van der Waals surface area contributed by atoms with Crippen LogP contribution in [0.15, 0.2) is 54.6 Å². The minimum atomic E-state index is -3.56. The molecule has 0 bridgehead atoms. The number of carbonyl (C=O) groups is 1. The topological polar surface area (TPSA) is 75.7 Å². The SMILES string of the molecule is O=C1COC(CNS(=O)(=O)Cc2ccccc2Cl)CN1CCc1ccccc1. The summed E-state index contributed by atoms with van der Waals surface area (Å²) in [6.45, 7) is 1.02. The van der Waals surface area contributed by atoms with Gasteiger partial charge >= 0.3 is 0 Å². The first kappa shape index (κ1) is 20.8. The van der Waals surface area contributed by atoms with Crippen LogP contribution in [0, 0.1) is 0 Å². The molecule has 2 aromatic carbocycles. The summed E-state index contributed by atoms with van der Waals surface area (Å²) in [5, 5.41) is 0.416. The molecule has 28 heavy (non-hydrogen) atoms. The van der Waals surface area contributed by atoms with E-state index in [2.05, 4.69) is 4.72 Å². The van der Waals surface area contributed by atoms with Crippen LogP contribution < -0.4 is 4.72 Å². The lowest BCUT2D eigenvalue weighted by Gasteiger charge is -2.33. The number of hydrogen-bond donors (Lipinski definition) is 1. The molecule has 0 radical (unpaired) electrons. The normalized spacial score (nSPS) is 17.7. The van der Waals surface area contributed by atoms with Crippen molar-refractivity contribution in [3.8, 4) is 0 Å². The fourth-order valence-corrected chi connectivity index (χ4v) is 4.50. The highest BCUT2D eigenvalue weighted by Gasteiger charge is 2.27. The zero-order valence-corrected chi connectivity index (χ0v) is 17.0. The average Bonchev–Trinajstić information content (AvgIpc) is 2.69. The first-order valence-corrected chi connectivity index (χ1v) is 11.1. The first-order valence-electron chi connectivity index (χ1n) is 9.07. The van der Waals surface area contributed by atoms with Gasteiger partial charge in [0.25, 0.3) is 0 Å². The second-order valence-corrected chi connectivity index (χ2v) is 8.92. The molecule has 1 aliphatic heterocycles. The smallest absolute Gasteiger partial charge is 0.248 e. The number of nitrogens with one attached hydrogen (secondary N) is 1. The van der Waals surface area contributed by atoms with Gasteiger partial charge < -0.3 is 9.64 Å². The van der Waals surface area contributed by atoms with E-state index in [1.807, 2.05) is 30.3 Å². The molecule has 1 heterocycles. The Hall–Kier alpha value is -1.93. The van der Waals surface area contributed by atoms with Crippen LogP contribution in [0.25, 0.3) is 0 Å². The second-order valence-electron chi connectivity index (χ2n) is 6.71. The molecule has 1 saturated heterocycles. The Bertz CT molecular complexity index is 905. The van der Waals surface area contributed by atoms with Crippen molar-refractivity contribution in [2.75, 3.05) is 26.2 Å². The molecule has 0 aromatic heterocycles. The number of benzene rings is 2. The van der Waals surface area contributed by atoms with E-state index in [0.717, 1.165) is 12.0 Å². The van der Waals surface area contributed by atoms with Crippen molar-refractivity contribution in [2.45, 2.75) is 18.3 Å². The number of sulfonamides is 1. The van der Waals surface area contributed by atoms with Crippen LogP contribution in [0.1, 0.15) is 11.1 Å². The van der Waals surface area contributed by atoms with E-state index >= 15 is 0 Å². The maximum absolute atomic E-state index is 12.3. The third kappa shape index (κ3) is 6.04. The summed E-state index contributed by atoms with van der Waals surface area (Å²) < 4.78 is 32.8. The molecule has 0 spiro atoms. The van der Waals surface area contributed by atoms with Crippen molar-refractivity contribution in [1.29, 1.82) is 0 Å². The third-order valence-corrected chi connectivity index (χ3v) is 6.23. The molecule has 150 valence electrons. The molecule has 1 N–H and O–H groups in total.